The molecule has 0 aliphatic carbocycles. The lowest BCUT2D eigenvalue weighted by molar-refractivity contribution is 0.892. The van der Waals surface area contributed by atoms with Crippen molar-refractivity contribution in [1.82, 2.24) is 9.97 Å². The van der Waals surface area contributed by atoms with E-state index in [1.54, 1.807) is 6.33 Å². The number of aromatic amines is 1. The van der Waals surface area contributed by atoms with Crippen LogP contribution >= 0.6 is 0 Å². The minimum absolute atomic E-state index is 0. The highest BCUT2D eigenvalue weighted by Gasteiger charge is 1.86. The molecular weight excluding hydrogens is 100 g/mol. The normalized spacial score (nSPS) is 9.62. The highest BCUT2D eigenvalue weighted by molar-refractivity contribution is 4.93. The Hall–Kier alpha value is -0.790. The maximum absolute atomic E-state index is 3.89. The Morgan fingerprint density at radius 3 is 3.25 bits per heavy atom. The zero-order valence-corrected chi connectivity index (χ0v) is 5.02. The molecule has 2 heteroatoms. The molecule has 1 aromatic heterocycles. The first-order valence-corrected chi connectivity index (χ1v) is 2.90. The first kappa shape index (κ1) is 5.35. The summed E-state index contributed by atoms with van der Waals surface area (Å²) in [6, 6.07) is 0. The van der Waals surface area contributed by atoms with E-state index in [-0.39, 0.29) is 1.43 Å². The molecule has 1 rings (SSSR count). The second-order valence-corrected chi connectivity index (χ2v) is 1.83. The van der Waals surface area contributed by atoms with E-state index in [9.17, 15) is 0 Å². The van der Waals surface area contributed by atoms with Crippen molar-refractivity contribution < 1.29 is 1.43 Å². The second-order valence-electron chi connectivity index (χ2n) is 1.83. The fourth-order valence-corrected chi connectivity index (χ4v) is 0.691. The van der Waals surface area contributed by atoms with Gasteiger partial charge in [0, 0.05) is 13.3 Å². The van der Waals surface area contributed by atoms with Crippen LogP contribution < -0.4 is 0 Å². The number of nitrogens with one attached hydrogen (secondary N) is 1. The third-order valence-corrected chi connectivity index (χ3v) is 1.07. The summed E-state index contributed by atoms with van der Waals surface area (Å²) in [5, 5.41) is 0. The Bertz CT molecular complexity index is 137. The summed E-state index contributed by atoms with van der Waals surface area (Å²) in [7, 11) is 0. The Morgan fingerprint density at radius 1 is 1.88 bits per heavy atom. The van der Waals surface area contributed by atoms with Gasteiger partial charge in [0.25, 0.3) is 0 Å². The molecule has 0 spiro atoms. The lowest BCUT2D eigenvalue weighted by atomic mass is 10.3. The minimum Gasteiger partial charge on any atom is -0.348 e. The molecule has 0 aromatic carbocycles. The van der Waals surface area contributed by atoms with Crippen LogP contribution in [0.25, 0.3) is 0 Å². The van der Waals surface area contributed by atoms with Gasteiger partial charge < -0.3 is 4.98 Å². The number of aryl methyl sites for hydroxylation is 1. The lowest BCUT2D eigenvalue weighted by Gasteiger charge is -1.86. The molecule has 0 amide bonds. The van der Waals surface area contributed by atoms with Crippen molar-refractivity contribution in [3.63, 3.8) is 0 Å². The van der Waals surface area contributed by atoms with Gasteiger partial charge in [-0.1, -0.05) is 13.3 Å². The molecule has 0 fully saturated rings. The lowest BCUT2D eigenvalue weighted by Crippen LogP contribution is -1.79. The smallest absolute Gasteiger partial charge is 0.0921 e. The Kier molecular flexibility index (Phi) is 1.67. The molecule has 46 valence electrons. The van der Waals surface area contributed by atoms with E-state index >= 15 is 0 Å². The topological polar surface area (TPSA) is 28.7 Å². The Morgan fingerprint density at radius 2 is 2.75 bits per heavy atom. The number of rotatable bonds is 2. The van der Waals surface area contributed by atoms with Crippen LogP contribution in [-0.2, 0) is 6.42 Å². The third kappa shape index (κ3) is 1.09. The van der Waals surface area contributed by atoms with Crippen molar-refractivity contribution in [3.05, 3.63) is 18.2 Å². The second kappa shape index (κ2) is 2.50. The quantitative estimate of drug-likeness (QED) is 0.618. The SMILES string of the molecule is CCCc1cnc[nH]1.[HH]. The number of imidazole rings is 1. The molecule has 0 bridgehead atoms. The van der Waals surface area contributed by atoms with Crippen LogP contribution in [0.2, 0.25) is 0 Å². The summed E-state index contributed by atoms with van der Waals surface area (Å²) >= 11 is 0. The van der Waals surface area contributed by atoms with E-state index in [0.717, 1.165) is 6.42 Å². The predicted octanol–water partition coefficient (Wildman–Crippen LogP) is 1.61. The average Bonchev–Trinajstić information content (AvgIpc) is 2.19. The molecular formula is C6H12N2. The van der Waals surface area contributed by atoms with Gasteiger partial charge in [-0.2, -0.15) is 0 Å². The number of hydrogen-bond acceptors (Lipinski definition) is 1. The van der Waals surface area contributed by atoms with Crippen LogP contribution in [0, 0.1) is 0 Å². The van der Waals surface area contributed by atoms with Crippen LogP contribution in [0.3, 0.4) is 0 Å². The molecule has 0 aliphatic heterocycles. The molecule has 8 heavy (non-hydrogen) atoms. The zero-order valence-electron chi connectivity index (χ0n) is 5.02. The maximum atomic E-state index is 3.89. The van der Waals surface area contributed by atoms with E-state index in [0.29, 0.717) is 0 Å². The van der Waals surface area contributed by atoms with Crippen LogP contribution in [0.5, 0.6) is 0 Å². The minimum atomic E-state index is 0. The summed E-state index contributed by atoms with van der Waals surface area (Å²) in [6.45, 7) is 2.15. The van der Waals surface area contributed by atoms with Crippen molar-refractivity contribution in [3.8, 4) is 0 Å². The highest BCUT2D eigenvalue weighted by Crippen LogP contribution is 1.93. The molecule has 0 saturated carbocycles. The Balaban J connectivity index is 0.000000640. The molecule has 2 nitrogen and oxygen atoms in total. The summed E-state index contributed by atoms with van der Waals surface area (Å²) in [5.74, 6) is 0. The van der Waals surface area contributed by atoms with Crippen molar-refractivity contribution >= 4 is 0 Å². The first-order chi connectivity index (χ1) is 3.93. The summed E-state index contributed by atoms with van der Waals surface area (Å²) in [4.78, 5) is 6.91. The van der Waals surface area contributed by atoms with Crippen molar-refractivity contribution in [2.75, 3.05) is 0 Å². The predicted molar refractivity (Wildman–Crippen MR) is 34.7 cm³/mol. The molecule has 0 radical (unpaired) electrons. The van der Waals surface area contributed by atoms with E-state index in [1.807, 2.05) is 6.20 Å². The van der Waals surface area contributed by atoms with Crippen LogP contribution in [-0.4, -0.2) is 9.97 Å². The van der Waals surface area contributed by atoms with E-state index < -0.39 is 0 Å². The van der Waals surface area contributed by atoms with Crippen molar-refractivity contribution in [2.45, 2.75) is 19.8 Å². The first-order valence-electron chi connectivity index (χ1n) is 2.90. The van der Waals surface area contributed by atoms with Crippen LogP contribution in [0.1, 0.15) is 20.5 Å². The van der Waals surface area contributed by atoms with Gasteiger partial charge >= 0.3 is 0 Å². The highest BCUT2D eigenvalue weighted by atomic mass is 14.9. The van der Waals surface area contributed by atoms with E-state index in [1.165, 1.54) is 12.1 Å². The van der Waals surface area contributed by atoms with Gasteiger partial charge in [-0.05, 0) is 6.42 Å². The van der Waals surface area contributed by atoms with Crippen molar-refractivity contribution in [1.29, 1.82) is 0 Å². The molecule has 0 saturated heterocycles. The van der Waals surface area contributed by atoms with Gasteiger partial charge in [-0.25, -0.2) is 4.98 Å². The molecule has 0 atom stereocenters. The van der Waals surface area contributed by atoms with Gasteiger partial charge in [0.15, 0.2) is 0 Å². The summed E-state index contributed by atoms with van der Waals surface area (Å²) < 4.78 is 0. The number of H-pyrrole nitrogens is 1. The maximum Gasteiger partial charge on any atom is 0.0921 e. The molecule has 0 aliphatic rings. The Labute approximate surface area is 50.4 Å². The zero-order chi connectivity index (χ0) is 5.82. The van der Waals surface area contributed by atoms with Gasteiger partial charge in [0.2, 0.25) is 0 Å². The standard InChI is InChI=1S/C6H10N2.H2/c1-2-3-6-4-7-5-8-6;/h4-5H,2-3H2,1H3,(H,7,8);1H. The van der Waals surface area contributed by atoms with Crippen LogP contribution in [0.15, 0.2) is 12.5 Å². The fourth-order valence-electron chi connectivity index (χ4n) is 0.691. The number of hydrogen-bond donors (Lipinski definition) is 1. The fraction of sp³-hybridized carbons (Fsp3) is 0.500. The summed E-state index contributed by atoms with van der Waals surface area (Å²) in [5.41, 5.74) is 1.23. The van der Waals surface area contributed by atoms with Crippen LogP contribution in [0.4, 0.5) is 0 Å². The monoisotopic (exact) mass is 112 g/mol. The molecule has 0 unspecified atom stereocenters. The van der Waals surface area contributed by atoms with Gasteiger partial charge in [-0.3, -0.25) is 0 Å². The molecule has 1 heterocycles. The van der Waals surface area contributed by atoms with E-state index in [4.69, 9.17) is 0 Å². The number of nitrogens with zero attached hydrogens (tertiary/aromatic N) is 1. The third-order valence-electron chi connectivity index (χ3n) is 1.07. The molecule has 1 N–H and O–H groups in total. The average molecular weight is 112 g/mol. The largest absolute Gasteiger partial charge is 0.348 e. The van der Waals surface area contributed by atoms with Gasteiger partial charge in [0.1, 0.15) is 0 Å². The van der Waals surface area contributed by atoms with E-state index in [2.05, 4.69) is 16.9 Å². The number of aromatic nitrogens is 2. The van der Waals surface area contributed by atoms with Gasteiger partial charge in [0.05, 0.1) is 6.33 Å². The molecule has 1 aromatic rings. The van der Waals surface area contributed by atoms with Crippen molar-refractivity contribution in [2.24, 2.45) is 0 Å². The summed E-state index contributed by atoms with van der Waals surface area (Å²) in [6.07, 6.45) is 5.87. The van der Waals surface area contributed by atoms with Gasteiger partial charge in [-0.15, -0.1) is 0 Å².